The second-order valence-electron chi connectivity index (χ2n) is 6.66. The van der Waals surface area contributed by atoms with Crippen molar-refractivity contribution in [3.05, 3.63) is 52.9 Å². The number of hydrogen-bond acceptors (Lipinski definition) is 6. The third-order valence-corrected chi connectivity index (χ3v) is 5.46. The molecule has 2 aliphatic rings. The van der Waals surface area contributed by atoms with Crippen LogP contribution in [0.5, 0.6) is 17.2 Å². The molecule has 3 aromatic rings. The number of aromatic nitrogens is 1. The maximum absolute atomic E-state index is 12.4. The van der Waals surface area contributed by atoms with E-state index in [0.717, 1.165) is 41.3 Å². The summed E-state index contributed by atoms with van der Waals surface area (Å²) < 4.78 is 16.6. The van der Waals surface area contributed by atoms with Gasteiger partial charge in [0.15, 0.2) is 16.6 Å². The Morgan fingerprint density at radius 2 is 1.82 bits per heavy atom. The number of fused-ring (bicyclic) bond motifs is 2. The van der Waals surface area contributed by atoms with Crippen LogP contribution in [-0.4, -0.2) is 30.7 Å². The quantitative estimate of drug-likeness (QED) is 0.731. The Bertz CT molecular complexity index is 1050. The number of anilines is 1. The zero-order valence-corrected chi connectivity index (χ0v) is 15.9. The van der Waals surface area contributed by atoms with E-state index in [0.29, 0.717) is 24.1 Å². The first-order chi connectivity index (χ1) is 13.7. The van der Waals surface area contributed by atoms with E-state index in [-0.39, 0.29) is 12.3 Å². The first-order valence-electron chi connectivity index (χ1n) is 9.14. The standard InChI is InChI=1S/C21H18N2O4S/c24-20(10-13-1-3-18-19(9-13)27-8-7-26-18)23-21-22-16(12-28-21)14-2-4-17-15(11-14)5-6-25-17/h1-4,9,11-12H,5-8,10H2,(H,22,23,24). The highest BCUT2D eigenvalue weighted by molar-refractivity contribution is 7.14. The number of nitrogens with zero attached hydrogens (tertiary/aromatic N) is 1. The third-order valence-electron chi connectivity index (χ3n) is 4.71. The Hall–Kier alpha value is -3.06. The van der Waals surface area contributed by atoms with Crippen molar-refractivity contribution in [1.29, 1.82) is 0 Å². The molecule has 0 spiro atoms. The van der Waals surface area contributed by atoms with Gasteiger partial charge in [0.05, 0.1) is 18.7 Å². The lowest BCUT2D eigenvalue weighted by molar-refractivity contribution is -0.115. The molecule has 0 unspecified atom stereocenters. The highest BCUT2D eigenvalue weighted by Gasteiger charge is 2.16. The number of carbonyl (C=O) groups excluding carboxylic acids is 1. The summed E-state index contributed by atoms with van der Waals surface area (Å²) in [4.78, 5) is 17.0. The minimum Gasteiger partial charge on any atom is -0.493 e. The Morgan fingerprint density at radius 3 is 2.75 bits per heavy atom. The smallest absolute Gasteiger partial charge is 0.230 e. The fourth-order valence-electron chi connectivity index (χ4n) is 3.36. The van der Waals surface area contributed by atoms with Gasteiger partial charge in [-0.3, -0.25) is 4.79 Å². The van der Waals surface area contributed by atoms with E-state index < -0.39 is 0 Å². The topological polar surface area (TPSA) is 69.7 Å². The van der Waals surface area contributed by atoms with E-state index in [4.69, 9.17) is 14.2 Å². The molecule has 7 heteroatoms. The fraction of sp³-hybridized carbons (Fsp3) is 0.238. The molecular weight excluding hydrogens is 376 g/mol. The number of hydrogen-bond donors (Lipinski definition) is 1. The number of ether oxygens (including phenoxy) is 3. The summed E-state index contributed by atoms with van der Waals surface area (Å²) in [5.74, 6) is 2.25. The molecule has 0 fully saturated rings. The predicted molar refractivity (Wildman–Crippen MR) is 107 cm³/mol. The SMILES string of the molecule is O=C(Cc1ccc2c(c1)OCCO2)Nc1nc(-c2ccc3c(c2)CCO3)cs1. The molecule has 28 heavy (non-hydrogen) atoms. The van der Waals surface area contributed by atoms with E-state index in [1.54, 1.807) is 0 Å². The third kappa shape index (κ3) is 3.41. The van der Waals surface area contributed by atoms with Gasteiger partial charge in [0.25, 0.3) is 0 Å². The summed E-state index contributed by atoms with van der Waals surface area (Å²) in [7, 11) is 0. The summed E-state index contributed by atoms with van der Waals surface area (Å²) in [5.41, 5.74) is 3.97. The zero-order valence-electron chi connectivity index (χ0n) is 15.1. The van der Waals surface area contributed by atoms with Gasteiger partial charge in [0, 0.05) is 17.4 Å². The molecule has 1 N–H and O–H groups in total. The average Bonchev–Trinajstić information content (AvgIpc) is 3.36. The van der Waals surface area contributed by atoms with E-state index in [1.807, 2.05) is 35.7 Å². The number of benzene rings is 2. The number of carbonyl (C=O) groups is 1. The second-order valence-corrected chi connectivity index (χ2v) is 7.52. The molecule has 2 aromatic carbocycles. The van der Waals surface area contributed by atoms with Crippen LogP contribution in [0.2, 0.25) is 0 Å². The van der Waals surface area contributed by atoms with Gasteiger partial charge in [0.2, 0.25) is 5.91 Å². The summed E-state index contributed by atoms with van der Waals surface area (Å²) in [6.07, 6.45) is 1.17. The maximum atomic E-state index is 12.4. The Kier molecular flexibility index (Phi) is 4.37. The molecule has 0 saturated heterocycles. The van der Waals surface area contributed by atoms with Crippen molar-refractivity contribution < 1.29 is 19.0 Å². The van der Waals surface area contributed by atoms with Crippen molar-refractivity contribution in [3.63, 3.8) is 0 Å². The zero-order chi connectivity index (χ0) is 18.9. The van der Waals surface area contributed by atoms with Crippen LogP contribution >= 0.6 is 11.3 Å². The molecule has 0 bridgehead atoms. The molecule has 6 nitrogen and oxygen atoms in total. The molecule has 0 saturated carbocycles. The van der Waals surface area contributed by atoms with Gasteiger partial charge in [-0.25, -0.2) is 4.98 Å². The summed E-state index contributed by atoms with van der Waals surface area (Å²) in [6.45, 7) is 1.81. The van der Waals surface area contributed by atoms with Crippen LogP contribution in [0.25, 0.3) is 11.3 Å². The average molecular weight is 394 g/mol. The van der Waals surface area contributed by atoms with Crippen LogP contribution in [0.4, 0.5) is 5.13 Å². The number of thiazole rings is 1. The van der Waals surface area contributed by atoms with Crippen molar-refractivity contribution in [2.45, 2.75) is 12.8 Å². The lowest BCUT2D eigenvalue weighted by Crippen LogP contribution is -2.17. The molecule has 0 radical (unpaired) electrons. The monoisotopic (exact) mass is 394 g/mol. The number of amides is 1. The lowest BCUT2D eigenvalue weighted by atomic mass is 10.1. The van der Waals surface area contributed by atoms with Gasteiger partial charge in [-0.15, -0.1) is 11.3 Å². The number of rotatable bonds is 4. The summed E-state index contributed by atoms with van der Waals surface area (Å²) in [6, 6.07) is 11.7. The predicted octanol–water partition coefficient (Wildman–Crippen LogP) is 3.70. The van der Waals surface area contributed by atoms with Gasteiger partial charge in [-0.1, -0.05) is 6.07 Å². The van der Waals surface area contributed by atoms with Crippen molar-refractivity contribution in [3.8, 4) is 28.5 Å². The molecule has 3 heterocycles. The Balaban J connectivity index is 1.26. The fourth-order valence-corrected chi connectivity index (χ4v) is 4.09. The maximum Gasteiger partial charge on any atom is 0.230 e. The molecular formula is C21H18N2O4S. The largest absolute Gasteiger partial charge is 0.493 e. The van der Waals surface area contributed by atoms with E-state index in [2.05, 4.69) is 16.4 Å². The van der Waals surface area contributed by atoms with Gasteiger partial charge in [-0.05, 0) is 41.5 Å². The highest BCUT2D eigenvalue weighted by Crippen LogP contribution is 2.33. The highest BCUT2D eigenvalue weighted by atomic mass is 32.1. The van der Waals surface area contributed by atoms with Crippen LogP contribution in [0.15, 0.2) is 41.8 Å². The van der Waals surface area contributed by atoms with Gasteiger partial charge < -0.3 is 19.5 Å². The lowest BCUT2D eigenvalue weighted by Gasteiger charge is -2.18. The minimum atomic E-state index is -0.111. The first kappa shape index (κ1) is 17.1. The molecule has 1 aromatic heterocycles. The van der Waals surface area contributed by atoms with Crippen LogP contribution in [0, 0.1) is 0 Å². The van der Waals surface area contributed by atoms with Gasteiger partial charge in [0.1, 0.15) is 19.0 Å². The van der Waals surface area contributed by atoms with Crippen LogP contribution in [0.1, 0.15) is 11.1 Å². The van der Waals surface area contributed by atoms with E-state index >= 15 is 0 Å². The molecule has 0 atom stereocenters. The Morgan fingerprint density at radius 1 is 1.00 bits per heavy atom. The molecule has 5 rings (SSSR count). The second kappa shape index (κ2) is 7.16. The van der Waals surface area contributed by atoms with Crippen molar-refractivity contribution in [1.82, 2.24) is 4.98 Å². The molecule has 2 aliphatic heterocycles. The molecule has 142 valence electrons. The van der Waals surface area contributed by atoms with Crippen LogP contribution in [0.3, 0.4) is 0 Å². The van der Waals surface area contributed by atoms with Crippen molar-refractivity contribution >= 4 is 22.4 Å². The first-order valence-corrected chi connectivity index (χ1v) is 10.0. The van der Waals surface area contributed by atoms with Crippen molar-refractivity contribution in [2.75, 3.05) is 25.1 Å². The molecule has 0 aliphatic carbocycles. The summed E-state index contributed by atoms with van der Waals surface area (Å²) >= 11 is 1.42. The van der Waals surface area contributed by atoms with E-state index in [9.17, 15) is 4.79 Å². The molecule has 1 amide bonds. The van der Waals surface area contributed by atoms with Crippen LogP contribution < -0.4 is 19.5 Å². The number of nitrogens with one attached hydrogen (secondary N) is 1. The van der Waals surface area contributed by atoms with Crippen molar-refractivity contribution in [2.24, 2.45) is 0 Å². The van der Waals surface area contributed by atoms with E-state index in [1.165, 1.54) is 16.9 Å². The van der Waals surface area contributed by atoms with Gasteiger partial charge >= 0.3 is 0 Å². The van der Waals surface area contributed by atoms with Crippen LogP contribution in [-0.2, 0) is 17.6 Å². The summed E-state index contributed by atoms with van der Waals surface area (Å²) in [5, 5.41) is 5.43. The normalized spacial score (nSPS) is 14.3. The Labute approximate surface area is 166 Å². The van der Waals surface area contributed by atoms with Gasteiger partial charge in [-0.2, -0.15) is 0 Å². The minimum absolute atomic E-state index is 0.111.